The van der Waals surface area contributed by atoms with Crippen molar-refractivity contribution in [2.75, 3.05) is 31.2 Å². The topological polar surface area (TPSA) is 80.2 Å². The number of aryl methyl sites for hydroxylation is 3. The van der Waals surface area contributed by atoms with E-state index in [0.29, 0.717) is 25.4 Å². The highest BCUT2D eigenvalue weighted by Crippen LogP contribution is 2.27. The van der Waals surface area contributed by atoms with Crippen LogP contribution in [-0.2, 0) is 11.3 Å². The number of hydrogen-bond donors (Lipinski definition) is 1. The van der Waals surface area contributed by atoms with E-state index in [4.69, 9.17) is 4.74 Å². The fourth-order valence-electron chi connectivity index (χ4n) is 3.62. The van der Waals surface area contributed by atoms with Crippen molar-refractivity contribution in [3.05, 3.63) is 58.5 Å². The Bertz CT molecular complexity index is 1060. The lowest BCUT2D eigenvalue weighted by molar-refractivity contribution is 0.0940. The van der Waals surface area contributed by atoms with Gasteiger partial charge in [-0.15, -0.1) is 0 Å². The molecule has 0 bridgehead atoms. The average Bonchev–Trinajstić information content (AvgIpc) is 2.72. The van der Waals surface area contributed by atoms with E-state index in [1.165, 1.54) is 0 Å². The Kier molecular flexibility index (Phi) is 5.40. The Labute approximate surface area is 170 Å². The largest absolute Gasteiger partial charge is 0.378 e. The summed E-state index contributed by atoms with van der Waals surface area (Å²) in [5.41, 5.74) is 4.68. The fourth-order valence-corrected chi connectivity index (χ4v) is 3.62. The molecule has 1 N–H and O–H groups in total. The molecule has 1 amide bonds. The number of anilines is 1. The van der Waals surface area contributed by atoms with Crippen LogP contribution >= 0.6 is 0 Å². The molecule has 1 aliphatic heterocycles. The van der Waals surface area contributed by atoms with Crippen LogP contribution in [0.15, 0.2) is 30.3 Å². The van der Waals surface area contributed by atoms with Crippen LogP contribution in [0.3, 0.4) is 0 Å². The highest BCUT2D eigenvalue weighted by atomic mass is 16.5. The lowest BCUT2D eigenvalue weighted by atomic mass is 10.1. The van der Waals surface area contributed by atoms with Crippen LogP contribution < -0.4 is 10.2 Å². The number of rotatable bonds is 4. The summed E-state index contributed by atoms with van der Waals surface area (Å²) in [6, 6.07) is 10.0. The quantitative estimate of drug-likeness (QED) is 0.737. The molecule has 0 spiro atoms. The van der Waals surface area contributed by atoms with Gasteiger partial charge in [0.15, 0.2) is 5.65 Å². The minimum absolute atomic E-state index is 0.144. The number of nitrogens with one attached hydrogen (secondary N) is 1. The van der Waals surface area contributed by atoms with Gasteiger partial charge in [0.1, 0.15) is 5.82 Å². The van der Waals surface area contributed by atoms with E-state index < -0.39 is 0 Å². The predicted octanol–water partition coefficient (Wildman–Crippen LogP) is 2.72. The number of amides is 1. The molecule has 150 valence electrons. The van der Waals surface area contributed by atoms with Gasteiger partial charge in [-0.3, -0.25) is 4.79 Å². The molecule has 7 nitrogen and oxygen atoms in total. The Morgan fingerprint density at radius 3 is 2.59 bits per heavy atom. The lowest BCUT2D eigenvalue weighted by Crippen LogP contribution is -2.37. The molecule has 3 heterocycles. The van der Waals surface area contributed by atoms with Gasteiger partial charge < -0.3 is 15.0 Å². The molecule has 29 heavy (non-hydrogen) atoms. The smallest absolute Gasteiger partial charge is 0.289 e. The number of pyridine rings is 1. The van der Waals surface area contributed by atoms with Crippen molar-refractivity contribution in [3.63, 3.8) is 0 Å². The Morgan fingerprint density at radius 1 is 1.07 bits per heavy atom. The number of morpholine rings is 1. The summed E-state index contributed by atoms with van der Waals surface area (Å²) in [6.07, 6.45) is 0. The number of carbonyl (C=O) groups is 1. The molecule has 1 aliphatic rings. The molecule has 1 saturated heterocycles. The summed E-state index contributed by atoms with van der Waals surface area (Å²) >= 11 is 0. The van der Waals surface area contributed by atoms with Crippen molar-refractivity contribution >= 4 is 22.8 Å². The molecule has 0 atom stereocenters. The average molecular weight is 391 g/mol. The number of benzene rings is 1. The number of aromatic nitrogens is 3. The first-order chi connectivity index (χ1) is 14.0. The molecule has 1 fully saturated rings. The summed E-state index contributed by atoms with van der Waals surface area (Å²) in [7, 11) is 0. The summed E-state index contributed by atoms with van der Waals surface area (Å²) in [6.45, 7) is 9.15. The van der Waals surface area contributed by atoms with E-state index in [2.05, 4.69) is 25.2 Å². The summed E-state index contributed by atoms with van der Waals surface area (Å²) < 4.78 is 5.48. The number of fused-ring (bicyclic) bond motifs is 1. The number of ether oxygens (including phenoxy) is 1. The molecule has 1 aromatic carbocycles. The first kappa shape index (κ1) is 19.3. The molecule has 4 rings (SSSR count). The summed E-state index contributed by atoms with van der Waals surface area (Å²) in [5.74, 6) is 0.597. The van der Waals surface area contributed by atoms with Crippen LogP contribution in [0.2, 0.25) is 0 Å². The van der Waals surface area contributed by atoms with E-state index in [0.717, 1.165) is 46.7 Å². The third-order valence-corrected chi connectivity index (χ3v) is 5.19. The zero-order valence-corrected chi connectivity index (χ0v) is 17.0. The van der Waals surface area contributed by atoms with Gasteiger partial charge in [0, 0.05) is 25.3 Å². The number of carbonyl (C=O) groups excluding carboxylic acids is 1. The Morgan fingerprint density at radius 2 is 1.83 bits per heavy atom. The molecule has 0 aliphatic carbocycles. The van der Waals surface area contributed by atoms with E-state index in [1.807, 2.05) is 51.1 Å². The van der Waals surface area contributed by atoms with E-state index in [9.17, 15) is 4.79 Å². The fraction of sp³-hybridized carbons (Fsp3) is 0.364. The number of hydrogen-bond acceptors (Lipinski definition) is 6. The molecule has 0 saturated carbocycles. The van der Waals surface area contributed by atoms with Crippen LogP contribution in [0, 0.1) is 20.8 Å². The first-order valence-corrected chi connectivity index (χ1v) is 9.84. The monoisotopic (exact) mass is 391 g/mol. The third-order valence-electron chi connectivity index (χ3n) is 5.19. The van der Waals surface area contributed by atoms with Crippen molar-refractivity contribution in [1.29, 1.82) is 0 Å². The molecule has 3 aromatic rings. The van der Waals surface area contributed by atoms with Gasteiger partial charge in [-0.1, -0.05) is 24.3 Å². The minimum Gasteiger partial charge on any atom is -0.378 e. The van der Waals surface area contributed by atoms with Crippen LogP contribution in [0.4, 0.5) is 5.82 Å². The molecule has 0 radical (unpaired) electrons. The molecule has 0 unspecified atom stereocenters. The minimum atomic E-state index is -0.300. The second kappa shape index (κ2) is 8.13. The van der Waals surface area contributed by atoms with Gasteiger partial charge in [-0.2, -0.15) is 0 Å². The van der Waals surface area contributed by atoms with Crippen LogP contribution in [-0.4, -0.2) is 47.2 Å². The zero-order valence-electron chi connectivity index (χ0n) is 17.0. The van der Waals surface area contributed by atoms with Gasteiger partial charge in [-0.05, 0) is 43.5 Å². The Balaban J connectivity index is 1.70. The third kappa shape index (κ3) is 4.05. The lowest BCUT2D eigenvalue weighted by Gasteiger charge is -2.29. The Hall–Kier alpha value is -3.06. The van der Waals surface area contributed by atoms with Crippen molar-refractivity contribution in [3.8, 4) is 0 Å². The van der Waals surface area contributed by atoms with Crippen LogP contribution in [0.5, 0.6) is 0 Å². The second-order valence-corrected chi connectivity index (χ2v) is 7.36. The van der Waals surface area contributed by atoms with Gasteiger partial charge in [0.25, 0.3) is 5.91 Å². The van der Waals surface area contributed by atoms with Gasteiger partial charge in [-0.25, -0.2) is 15.0 Å². The highest BCUT2D eigenvalue weighted by Gasteiger charge is 2.22. The zero-order chi connectivity index (χ0) is 20.4. The predicted molar refractivity (Wildman–Crippen MR) is 112 cm³/mol. The van der Waals surface area contributed by atoms with Crippen molar-refractivity contribution < 1.29 is 9.53 Å². The standard InChI is InChI=1S/C22H25N5O2/c1-14-6-4-5-7-17(14)13-23-22(28)20-25-19-18(15(2)12-16(3)24-19)21(26-20)27-8-10-29-11-9-27/h4-7,12H,8-11,13H2,1-3H3,(H,23,28). The van der Waals surface area contributed by atoms with Crippen LogP contribution in [0.1, 0.15) is 33.0 Å². The number of nitrogens with zero attached hydrogens (tertiary/aromatic N) is 4. The SMILES string of the molecule is Cc1cc(C)c2c(N3CCOCC3)nc(C(=O)NCc3ccccc3C)nc2n1. The maximum Gasteiger partial charge on any atom is 0.289 e. The van der Waals surface area contributed by atoms with Gasteiger partial charge in [0.05, 0.1) is 18.6 Å². The van der Waals surface area contributed by atoms with Crippen molar-refractivity contribution in [2.45, 2.75) is 27.3 Å². The summed E-state index contributed by atoms with van der Waals surface area (Å²) in [4.78, 5) is 28.7. The second-order valence-electron chi connectivity index (χ2n) is 7.36. The normalized spacial score (nSPS) is 14.2. The summed E-state index contributed by atoms with van der Waals surface area (Å²) in [5, 5.41) is 3.84. The molecule has 7 heteroatoms. The maximum atomic E-state index is 12.9. The van der Waals surface area contributed by atoms with Gasteiger partial charge >= 0.3 is 0 Å². The van der Waals surface area contributed by atoms with E-state index >= 15 is 0 Å². The van der Waals surface area contributed by atoms with Crippen molar-refractivity contribution in [1.82, 2.24) is 20.3 Å². The highest BCUT2D eigenvalue weighted by molar-refractivity contribution is 5.96. The van der Waals surface area contributed by atoms with Gasteiger partial charge in [0.2, 0.25) is 5.82 Å². The maximum absolute atomic E-state index is 12.9. The first-order valence-electron chi connectivity index (χ1n) is 9.84. The van der Waals surface area contributed by atoms with E-state index in [1.54, 1.807) is 0 Å². The molecular formula is C22H25N5O2. The molecule has 2 aromatic heterocycles. The van der Waals surface area contributed by atoms with Crippen LogP contribution in [0.25, 0.3) is 11.0 Å². The van der Waals surface area contributed by atoms with E-state index in [-0.39, 0.29) is 11.7 Å². The van der Waals surface area contributed by atoms with Crippen molar-refractivity contribution in [2.24, 2.45) is 0 Å². The molecular weight excluding hydrogens is 366 g/mol.